The summed E-state index contributed by atoms with van der Waals surface area (Å²) in [6.07, 6.45) is 2.62. The number of hydrogen-bond donors (Lipinski definition) is 2. The number of anilines is 1. The number of benzene rings is 1. The summed E-state index contributed by atoms with van der Waals surface area (Å²) in [5.41, 5.74) is 8.03. The van der Waals surface area contributed by atoms with E-state index in [2.05, 4.69) is 29.4 Å². The predicted octanol–water partition coefficient (Wildman–Crippen LogP) is 2.77. The topological polar surface area (TPSA) is 63.5 Å². The summed E-state index contributed by atoms with van der Waals surface area (Å²) < 4.78 is 5.18. The fourth-order valence-corrected chi connectivity index (χ4v) is 1.62. The summed E-state index contributed by atoms with van der Waals surface area (Å²) in [7, 11) is 0. The Morgan fingerprint density at radius 2 is 2.22 bits per heavy atom. The van der Waals surface area contributed by atoms with Crippen molar-refractivity contribution < 1.29 is 4.42 Å². The normalized spacial score (nSPS) is 11.5. The molecule has 1 heterocycles. The van der Waals surface area contributed by atoms with E-state index in [-0.39, 0.29) is 0 Å². The van der Waals surface area contributed by atoms with Crippen LogP contribution in [0.15, 0.2) is 52.1 Å². The van der Waals surface area contributed by atoms with Crippen LogP contribution < -0.4 is 11.1 Å². The number of guanidine groups is 1. The number of aryl methyl sites for hydroxylation is 1. The van der Waals surface area contributed by atoms with Crippen LogP contribution in [-0.4, -0.2) is 5.96 Å². The number of aliphatic imine (C=N–C) groups is 1. The van der Waals surface area contributed by atoms with Crippen LogP contribution in [0.4, 0.5) is 5.69 Å². The molecule has 3 N–H and O–H groups in total. The third kappa shape index (κ3) is 3.38. The highest BCUT2D eigenvalue weighted by atomic mass is 16.3. The maximum Gasteiger partial charge on any atom is 0.193 e. The zero-order valence-corrected chi connectivity index (χ0v) is 10.4. The lowest BCUT2D eigenvalue weighted by Crippen LogP contribution is -2.22. The highest BCUT2D eigenvalue weighted by molar-refractivity contribution is 5.92. The average Bonchev–Trinajstić information content (AvgIpc) is 2.90. The van der Waals surface area contributed by atoms with Crippen LogP contribution in [0.2, 0.25) is 0 Å². The van der Waals surface area contributed by atoms with Crippen LogP contribution in [0.3, 0.4) is 0 Å². The first-order valence-corrected chi connectivity index (χ1v) is 5.96. The standard InChI is InChI=1S/C14H17N3O/c1-2-11-5-3-6-12(9-11)17-14(15)16-10-13-7-4-8-18-13/h3-9H,2,10H2,1H3,(H3,15,16,17). The van der Waals surface area contributed by atoms with Gasteiger partial charge in [0.1, 0.15) is 12.3 Å². The molecule has 0 aliphatic carbocycles. The molecule has 1 aromatic carbocycles. The van der Waals surface area contributed by atoms with Crippen molar-refractivity contribution in [1.29, 1.82) is 0 Å². The molecule has 2 rings (SSSR count). The van der Waals surface area contributed by atoms with Crippen molar-refractivity contribution in [2.24, 2.45) is 10.7 Å². The van der Waals surface area contributed by atoms with Crippen LogP contribution >= 0.6 is 0 Å². The quantitative estimate of drug-likeness (QED) is 0.641. The van der Waals surface area contributed by atoms with Gasteiger partial charge in [-0.1, -0.05) is 19.1 Å². The second kappa shape index (κ2) is 5.91. The molecule has 0 fully saturated rings. The van der Waals surface area contributed by atoms with Crippen molar-refractivity contribution in [3.63, 3.8) is 0 Å². The van der Waals surface area contributed by atoms with Gasteiger partial charge >= 0.3 is 0 Å². The third-order valence-corrected chi connectivity index (χ3v) is 2.59. The SMILES string of the molecule is CCc1cccc(NC(N)=NCc2ccco2)c1. The van der Waals surface area contributed by atoms with Crippen LogP contribution in [-0.2, 0) is 13.0 Å². The fraction of sp³-hybridized carbons (Fsp3) is 0.214. The summed E-state index contributed by atoms with van der Waals surface area (Å²) in [6, 6.07) is 11.8. The largest absolute Gasteiger partial charge is 0.467 e. The molecule has 0 amide bonds. The lowest BCUT2D eigenvalue weighted by Gasteiger charge is -2.06. The molecule has 4 heteroatoms. The van der Waals surface area contributed by atoms with Crippen LogP contribution in [0.1, 0.15) is 18.2 Å². The maximum absolute atomic E-state index is 5.81. The van der Waals surface area contributed by atoms with Crippen molar-refractivity contribution in [3.05, 3.63) is 54.0 Å². The van der Waals surface area contributed by atoms with Gasteiger partial charge < -0.3 is 15.5 Å². The summed E-state index contributed by atoms with van der Waals surface area (Å²) in [6.45, 7) is 2.56. The van der Waals surface area contributed by atoms with Crippen molar-refractivity contribution in [2.75, 3.05) is 5.32 Å². The molecule has 0 aliphatic rings. The van der Waals surface area contributed by atoms with Gasteiger partial charge in [-0.2, -0.15) is 0 Å². The number of nitrogens with zero attached hydrogens (tertiary/aromatic N) is 1. The molecule has 18 heavy (non-hydrogen) atoms. The average molecular weight is 243 g/mol. The Labute approximate surface area is 107 Å². The van der Waals surface area contributed by atoms with E-state index in [0.717, 1.165) is 17.9 Å². The zero-order valence-electron chi connectivity index (χ0n) is 10.4. The highest BCUT2D eigenvalue weighted by Gasteiger charge is 1.98. The van der Waals surface area contributed by atoms with E-state index in [1.807, 2.05) is 24.3 Å². The predicted molar refractivity (Wildman–Crippen MR) is 73.5 cm³/mol. The van der Waals surface area contributed by atoms with Gasteiger partial charge in [0.2, 0.25) is 0 Å². The first kappa shape index (κ1) is 12.2. The maximum atomic E-state index is 5.81. The van der Waals surface area contributed by atoms with E-state index in [0.29, 0.717) is 12.5 Å². The van der Waals surface area contributed by atoms with Gasteiger partial charge in [-0.15, -0.1) is 0 Å². The Bertz CT molecular complexity index is 518. The molecule has 0 saturated heterocycles. The third-order valence-electron chi connectivity index (χ3n) is 2.59. The first-order chi connectivity index (χ1) is 8.78. The zero-order chi connectivity index (χ0) is 12.8. The molecule has 0 radical (unpaired) electrons. The van der Waals surface area contributed by atoms with E-state index in [1.165, 1.54) is 5.56 Å². The molecule has 1 aromatic heterocycles. The molecule has 0 bridgehead atoms. The van der Waals surface area contributed by atoms with Gasteiger partial charge in [0.25, 0.3) is 0 Å². The van der Waals surface area contributed by atoms with E-state index < -0.39 is 0 Å². The molecule has 0 saturated carbocycles. The molecule has 0 atom stereocenters. The molecule has 94 valence electrons. The van der Waals surface area contributed by atoms with Crippen LogP contribution in [0.25, 0.3) is 0 Å². The number of nitrogens with two attached hydrogens (primary N) is 1. The molecule has 0 unspecified atom stereocenters. The summed E-state index contributed by atoms with van der Waals surface area (Å²) >= 11 is 0. The van der Waals surface area contributed by atoms with Gasteiger partial charge in [0.15, 0.2) is 5.96 Å². The minimum Gasteiger partial charge on any atom is -0.467 e. The number of nitrogens with one attached hydrogen (secondary N) is 1. The molecule has 0 aliphatic heterocycles. The Morgan fingerprint density at radius 1 is 1.33 bits per heavy atom. The van der Waals surface area contributed by atoms with Crippen molar-refractivity contribution >= 4 is 11.6 Å². The Kier molecular flexibility index (Phi) is 4.02. The smallest absolute Gasteiger partial charge is 0.193 e. The first-order valence-electron chi connectivity index (χ1n) is 5.96. The number of hydrogen-bond acceptors (Lipinski definition) is 2. The lowest BCUT2D eigenvalue weighted by molar-refractivity contribution is 0.513. The summed E-state index contributed by atoms with van der Waals surface area (Å²) in [4.78, 5) is 4.21. The Hall–Kier alpha value is -2.23. The van der Waals surface area contributed by atoms with Crippen LogP contribution in [0, 0.1) is 0 Å². The molecule has 2 aromatic rings. The highest BCUT2D eigenvalue weighted by Crippen LogP contribution is 2.10. The number of rotatable bonds is 4. The van der Waals surface area contributed by atoms with E-state index in [9.17, 15) is 0 Å². The van der Waals surface area contributed by atoms with Gasteiger partial charge in [-0.05, 0) is 36.2 Å². The molecule has 0 spiro atoms. The minimum atomic E-state index is 0.389. The summed E-state index contributed by atoms with van der Waals surface area (Å²) in [5.74, 6) is 1.18. The molecule has 4 nitrogen and oxygen atoms in total. The Balaban J connectivity index is 1.97. The molecular weight excluding hydrogens is 226 g/mol. The summed E-state index contributed by atoms with van der Waals surface area (Å²) in [5, 5.41) is 3.07. The lowest BCUT2D eigenvalue weighted by atomic mass is 10.1. The monoisotopic (exact) mass is 243 g/mol. The van der Waals surface area contributed by atoms with Gasteiger partial charge in [-0.3, -0.25) is 0 Å². The van der Waals surface area contributed by atoms with E-state index in [4.69, 9.17) is 10.2 Å². The van der Waals surface area contributed by atoms with Crippen molar-refractivity contribution in [3.8, 4) is 0 Å². The van der Waals surface area contributed by atoms with Crippen LogP contribution in [0.5, 0.6) is 0 Å². The van der Waals surface area contributed by atoms with E-state index >= 15 is 0 Å². The molecular formula is C14H17N3O. The van der Waals surface area contributed by atoms with Gasteiger partial charge in [0, 0.05) is 5.69 Å². The van der Waals surface area contributed by atoms with Gasteiger partial charge in [-0.25, -0.2) is 4.99 Å². The van der Waals surface area contributed by atoms with Gasteiger partial charge in [0.05, 0.1) is 6.26 Å². The Morgan fingerprint density at radius 3 is 2.94 bits per heavy atom. The minimum absolute atomic E-state index is 0.389. The number of furan rings is 1. The van der Waals surface area contributed by atoms with E-state index in [1.54, 1.807) is 6.26 Å². The van der Waals surface area contributed by atoms with Crippen molar-refractivity contribution in [1.82, 2.24) is 0 Å². The second-order valence-electron chi connectivity index (χ2n) is 3.96. The van der Waals surface area contributed by atoms with Crippen molar-refractivity contribution in [2.45, 2.75) is 19.9 Å². The fourth-order valence-electron chi connectivity index (χ4n) is 1.62. The second-order valence-corrected chi connectivity index (χ2v) is 3.96.